The Hall–Kier alpha value is -5.87. The fourth-order valence-corrected chi connectivity index (χ4v) is 10.9. The highest BCUT2D eigenvalue weighted by Gasteiger charge is 2.35. The van der Waals surface area contributed by atoms with Crippen molar-refractivity contribution in [3.05, 3.63) is 149 Å². The van der Waals surface area contributed by atoms with Crippen LogP contribution < -0.4 is 30.3 Å². The summed E-state index contributed by atoms with van der Waals surface area (Å²) < 4.78 is 16.1. The molecule has 0 unspecified atom stereocenters. The number of ether oxygens (including phenoxy) is 2. The lowest BCUT2D eigenvalue weighted by atomic mass is 9.82. The molecule has 5 aromatic carbocycles. The lowest BCUT2D eigenvalue weighted by Gasteiger charge is -2.39. The zero-order chi connectivity index (χ0) is 43.4. The van der Waals surface area contributed by atoms with Crippen LogP contribution in [0.4, 0.5) is 5.69 Å². The summed E-state index contributed by atoms with van der Waals surface area (Å²) >= 11 is 3.55. The smallest absolute Gasteiger partial charge is 0.336 e. The summed E-state index contributed by atoms with van der Waals surface area (Å²) in [5, 5.41) is 17.2. The Morgan fingerprint density at radius 2 is 1.71 bits per heavy atom. The maximum Gasteiger partial charge on any atom is 0.336 e. The third kappa shape index (κ3) is 7.40. The van der Waals surface area contributed by atoms with Crippen molar-refractivity contribution in [2.75, 3.05) is 38.2 Å². The van der Waals surface area contributed by atoms with Gasteiger partial charge in [-0.15, -0.1) is 0 Å². The van der Waals surface area contributed by atoms with E-state index in [-0.39, 0.29) is 11.5 Å². The summed E-state index contributed by atoms with van der Waals surface area (Å²) in [6.45, 7) is 8.29. The third-order valence-electron chi connectivity index (χ3n) is 13.7. The number of carboxylic acids is 1. The van der Waals surface area contributed by atoms with Gasteiger partial charge < -0.3 is 29.4 Å². The topological polar surface area (TPSA) is 105 Å². The molecule has 322 valence electrons. The summed E-state index contributed by atoms with van der Waals surface area (Å²) in [4.78, 5) is 35.1. The highest BCUT2D eigenvalue weighted by molar-refractivity contribution is 9.10. The van der Waals surface area contributed by atoms with Crippen LogP contribution in [-0.2, 0) is 38.6 Å². The van der Waals surface area contributed by atoms with Crippen molar-refractivity contribution in [1.82, 2.24) is 9.88 Å². The number of carbonyl (C=O) groups is 2. The van der Waals surface area contributed by atoms with Crippen molar-refractivity contribution in [3.8, 4) is 17.2 Å². The predicted molar refractivity (Wildman–Crippen MR) is 252 cm³/mol. The van der Waals surface area contributed by atoms with E-state index in [4.69, 9.17) is 14.5 Å². The fourth-order valence-electron chi connectivity index (χ4n) is 10.6. The van der Waals surface area contributed by atoms with E-state index in [2.05, 4.69) is 93.1 Å². The molecule has 1 aromatic heterocycles. The Balaban J connectivity index is 1.03. The Morgan fingerprint density at radius 3 is 2.51 bits per heavy atom. The van der Waals surface area contributed by atoms with E-state index < -0.39 is 5.97 Å². The van der Waals surface area contributed by atoms with Crippen LogP contribution in [-0.4, -0.2) is 54.8 Å². The molecule has 5 heterocycles. The highest BCUT2D eigenvalue weighted by atomic mass is 79.9. The average Bonchev–Trinajstić information content (AvgIpc) is 3.56. The number of methoxy groups -OCH3 is 1. The molecule has 4 aliphatic rings. The van der Waals surface area contributed by atoms with E-state index in [0.717, 1.165) is 149 Å². The number of aromatic nitrogens is 1. The van der Waals surface area contributed by atoms with Crippen LogP contribution in [0, 0.1) is 6.92 Å². The second-order valence-corrected chi connectivity index (χ2v) is 18.4. The number of hydrogen-bond donors (Lipinski definition) is 2. The number of carbonyl (C=O) groups excluding carboxylic acids is 1. The number of anilines is 1. The molecule has 63 heavy (non-hydrogen) atoms. The Kier molecular flexibility index (Phi) is 11.1. The van der Waals surface area contributed by atoms with Crippen molar-refractivity contribution in [3.63, 3.8) is 0 Å². The number of fused-ring (bicyclic) bond motifs is 6. The van der Waals surface area contributed by atoms with E-state index in [1.165, 1.54) is 27.9 Å². The first kappa shape index (κ1) is 41.2. The van der Waals surface area contributed by atoms with Gasteiger partial charge in [-0.25, -0.2) is 4.79 Å². The van der Waals surface area contributed by atoms with Crippen LogP contribution >= 0.6 is 15.9 Å². The third-order valence-corrected chi connectivity index (χ3v) is 14.2. The maximum atomic E-state index is 14.0. The van der Waals surface area contributed by atoms with Crippen LogP contribution in [0.2, 0.25) is 0 Å². The minimum atomic E-state index is -1.07. The van der Waals surface area contributed by atoms with Gasteiger partial charge >= 0.3 is 5.97 Å². The zero-order valence-electron chi connectivity index (χ0n) is 36.3. The van der Waals surface area contributed by atoms with Gasteiger partial charge in [0.1, 0.15) is 17.2 Å². The Morgan fingerprint density at radius 1 is 0.905 bits per heavy atom. The van der Waals surface area contributed by atoms with Crippen LogP contribution in [0.5, 0.6) is 17.2 Å². The largest absolute Gasteiger partial charge is 0.497 e. The van der Waals surface area contributed by atoms with Gasteiger partial charge in [-0.1, -0.05) is 47.5 Å². The summed E-state index contributed by atoms with van der Waals surface area (Å²) in [5.41, 5.74) is 13.5. The quantitative estimate of drug-likeness (QED) is 0.127. The predicted octanol–water partition coefficient (Wildman–Crippen LogP) is 9.40. The Bertz CT molecular complexity index is 2970. The van der Waals surface area contributed by atoms with E-state index in [1.807, 2.05) is 12.1 Å². The van der Waals surface area contributed by atoms with Gasteiger partial charge in [-0.2, -0.15) is 0 Å². The molecule has 0 fully saturated rings. The molecule has 0 saturated heterocycles. The first-order valence-corrected chi connectivity index (χ1v) is 23.4. The summed E-state index contributed by atoms with van der Waals surface area (Å²) in [6, 6.07) is 24.2. The number of nitrogens with one attached hydrogen (secondary N) is 1. The number of unbranched alkanes of at least 4 members (excludes halogenated alkanes) is 1. The van der Waals surface area contributed by atoms with Gasteiger partial charge in [0.05, 0.1) is 18.0 Å². The normalized spacial score (nSPS) is 14.9. The minimum Gasteiger partial charge on any atom is -0.497 e. The van der Waals surface area contributed by atoms with Gasteiger partial charge in [0, 0.05) is 92.5 Å². The number of hydrogen-bond acceptors (Lipinski definition) is 6. The SMILES string of the molecule is CCCCc1cc2c(c3c1=NCCC3)Oc1c(cc3c4c1CCCN4CCC3)C=2c1ccc(C(=O)NCCc2c(C)n(Cc3ccc(Br)cc3)c3ccc(OC)cc23)cc1C(=O)O. The number of nitrogens with zero attached hydrogens (tertiary/aromatic N) is 3. The molecule has 10 rings (SSSR count). The molecule has 4 aliphatic heterocycles. The van der Waals surface area contributed by atoms with Crippen LogP contribution in [0.25, 0.3) is 16.5 Å². The summed E-state index contributed by atoms with van der Waals surface area (Å²) in [6.07, 6.45) is 9.39. The number of aromatic carboxylic acids is 1. The highest BCUT2D eigenvalue weighted by Crippen LogP contribution is 2.49. The first-order valence-electron chi connectivity index (χ1n) is 22.6. The number of halogens is 1. The number of rotatable bonds is 12. The lowest BCUT2D eigenvalue weighted by molar-refractivity contribution is 0.0696. The van der Waals surface area contributed by atoms with Crippen molar-refractivity contribution in [2.45, 2.75) is 84.6 Å². The average molecular weight is 906 g/mol. The molecule has 2 N–H and O–H groups in total. The van der Waals surface area contributed by atoms with Crippen LogP contribution in [0.1, 0.15) is 110 Å². The van der Waals surface area contributed by atoms with Crippen molar-refractivity contribution in [2.24, 2.45) is 4.99 Å². The molecule has 0 spiro atoms. The molecular weight excluding hydrogens is 853 g/mol. The molecule has 0 aliphatic carbocycles. The van der Waals surface area contributed by atoms with Gasteiger partial charge in [0.2, 0.25) is 0 Å². The van der Waals surface area contributed by atoms with Gasteiger partial charge in [0.15, 0.2) is 0 Å². The number of amides is 1. The van der Waals surface area contributed by atoms with E-state index in [9.17, 15) is 14.7 Å². The molecular formula is C53H53BrN4O5. The van der Waals surface area contributed by atoms with E-state index in [0.29, 0.717) is 30.6 Å². The molecule has 10 heteroatoms. The molecule has 6 aromatic rings. The number of benzene rings is 5. The molecule has 0 bridgehead atoms. The second-order valence-electron chi connectivity index (χ2n) is 17.5. The second kappa shape index (κ2) is 17.0. The molecule has 1 amide bonds. The van der Waals surface area contributed by atoms with Crippen LogP contribution in [0.3, 0.4) is 0 Å². The number of aryl methyl sites for hydroxylation is 2. The molecule has 0 radical (unpaired) electrons. The monoisotopic (exact) mass is 904 g/mol. The fraction of sp³-hybridized carbons (Fsp3) is 0.340. The maximum absolute atomic E-state index is 14.0. The Labute approximate surface area is 376 Å². The van der Waals surface area contributed by atoms with E-state index >= 15 is 0 Å². The van der Waals surface area contributed by atoms with Crippen molar-refractivity contribution >= 4 is 50.0 Å². The standard InChI is InChI=1S/C53H53BrN4O5/c1-4-5-9-33-26-44-47(45-27-34-10-7-24-57-25-8-12-41(49(34)57)51(45)63-50(44)40-11-6-22-55-48(33)40)39-19-15-35(28-43(39)53(60)61)52(59)56-23-21-38-31(2)58(30-32-13-16-36(54)17-14-32)46-20-18-37(62-3)29-42(38)46/h13-20,26-29H,4-12,21-25,30H2,1-3H3,(H,56,59)(H,60,61). The van der Waals surface area contributed by atoms with Crippen LogP contribution in [0.15, 0.2) is 82.3 Å². The van der Waals surface area contributed by atoms with Crippen molar-refractivity contribution < 1.29 is 24.2 Å². The summed E-state index contributed by atoms with van der Waals surface area (Å²) in [5.74, 6) is 1.04. The minimum absolute atomic E-state index is 0.0981. The lowest BCUT2D eigenvalue weighted by Crippen LogP contribution is -2.36. The molecule has 0 saturated carbocycles. The summed E-state index contributed by atoms with van der Waals surface area (Å²) in [7, 11) is 1.67. The molecule has 9 nitrogen and oxygen atoms in total. The van der Waals surface area contributed by atoms with E-state index in [1.54, 1.807) is 19.2 Å². The molecule has 0 atom stereocenters. The van der Waals surface area contributed by atoms with Crippen molar-refractivity contribution in [1.29, 1.82) is 0 Å². The van der Waals surface area contributed by atoms with Gasteiger partial charge in [-0.3, -0.25) is 9.79 Å². The zero-order valence-corrected chi connectivity index (χ0v) is 37.9. The first-order chi connectivity index (χ1) is 30.7. The van der Waals surface area contributed by atoms with Gasteiger partial charge in [0.25, 0.3) is 5.91 Å². The number of carboxylic acid groups (broad SMARTS) is 1. The van der Waals surface area contributed by atoms with Gasteiger partial charge in [-0.05, 0) is 147 Å².